The SMILES string of the molecule is CS(=O)(=O)Nc1cc(NCc2ccco2)ccc1F. The van der Waals surface area contributed by atoms with E-state index in [1.54, 1.807) is 18.4 Å². The summed E-state index contributed by atoms with van der Waals surface area (Å²) in [6.07, 6.45) is 2.52. The molecule has 1 aromatic carbocycles. The van der Waals surface area contributed by atoms with Gasteiger partial charge in [-0.3, -0.25) is 4.72 Å². The Morgan fingerprint density at radius 3 is 2.74 bits per heavy atom. The Kier molecular flexibility index (Phi) is 3.75. The molecule has 0 saturated heterocycles. The highest BCUT2D eigenvalue weighted by Crippen LogP contribution is 2.21. The second-order valence-corrected chi connectivity index (χ2v) is 5.75. The summed E-state index contributed by atoms with van der Waals surface area (Å²) in [5, 5.41) is 3.01. The predicted octanol–water partition coefficient (Wildman–Crippen LogP) is 2.40. The van der Waals surface area contributed by atoms with Crippen molar-refractivity contribution in [1.82, 2.24) is 0 Å². The summed E-state index contributed by atoms with van der Waals surface area (Å²) in [5.41, 5.74) is 0.496. The molecule has 2 rings (SSSR count). The second kappa shape index (κ2) is 5.31. The molecule has 0 unspecified atom stereocenters. The standard InChI is InChI=1S/C12H13FN2O3S/c1-19(16,17)15-12-7-9(4-5-11(12)13)14-8-10-3-2-6-18-10/h2-7,14-15H,8H2,1H3. The Morgan fingerprint density at radius 1 is 1.32 bits per heavy atom. The highest BCUT2D eigenvalue weighted by Gasteiger charge is 2.08. The van der Waals surface area contributed by atoms with E-state index in [4.69, 9.17) is 4.42 Å². The van der Waals surface area contributed by atoms with Gasteiger partial charge in [-0.1, -0.05) is 0 Å². The lowest BCUT2D eigenvalue weighted by atomic mass is 10.2. The largest absolute Gasteiger partial charge is 0.467 e. The summed E-state index contributed by atoms with van der Waals surface area (Å²) in [6, 6.07) is 7.66. The molecular weight excluding hydrogens is 271 g/mol. The van der Waals surface area contributed by atoms with Crippen molar-refractivity contribution < 1.29 is 17.2 Å². The van der Waals surface area contributed by atoms with Crippen molar-refractivity contribution in [2.24, 2.45) is 0 Å². The lowest BCUT2D eigenvalue weighted by Crippen LogP contribution is -2.11. The highest BCUT2D eigenvalue weighted by molar-refractivity contribution is 7.92. The summed E-state index contributed by atoms with van der Waals surface area (Å²) in [5.74, 6) is 0.0934. The number of hydrogen-bond acceptors (Lipinski definition) is 4. The van der Waals surface area contributed by atoms with E-state index in [9.17, 15) is 12.8 Å². The van der Waals surface area contributed by atoms with E-state index in [-0.39, 0.29) is 5.69 Å². The van der Waals surface area contributed by atoms with Gasteiger partial charge >= 0.3 is 0 Å². The van der Waals surface area contributed by atoms with Crippen LogP contribution in [0.15, 0.2) is 41.0 Å². The molecule has 2 N–H and O–H groups in total. The van der Waals surface area contributed by atoms with Gasteiger partial charge < -0.3 is 9.73 Å². The van der Waals surface area contributed by atoms with Gasteiger partial charge in [0.05, 0.1) is 24.8 Å². The molecule has 0 aliphatic heterocycles. The van der Waals surface area contributed by atoms with Gasteiger partial charge in [0.15, 0.2) is 0 Å². The molecule has 5 nitrogen and oxygen atoms in total. The molecule has 0 fully saturated rings. The first kappa shape index (κ1) is 13.4. The second-order valence-electron chi connectivity index (χ2n) is 4.00. The number of nitrogens with one attached hydrogen (secondary N) is 2. The molecule has 0 spiro atoms. The van der Waals surface area contributed by atoms with Crippen LogP contribution < -0.4 is 10.0 Å². The topological polar surface area (TPSA) is 71.3 Å². The number of hydrogen-bond donors (Lipinski definition) is 2. The van der Waals surface area contributed by atoms with Crippen LogP contribution >= 0.6 is 0 Å². The normalized spacial score (nSPS) is 11.3. The summed E-state index contributed by atoms with van der Waals surface area (Å²) >= 11 is 0. The average Bonchev–Trinajstić information content (AvgIpc) is 2.81. The third kappa shape index (κ3) is 3.99. The number of benzene rings is 1. The maximum Gasteiger partial charge on any atom is 0.229 e. The van der Waals surface area contributed by atoms with Gasteiger partial charge in [0.2, 0.25) is 10.0 Å². The fourth-order valence-electron chi connectivity index (χ4n) is 1.52. The lowest BCUT2D eigenvalue weighted by molar-refractivity contribution is 0.518. The quantitative estimate of drug-likeness (QED) is 0.884. The maximum atomic E-state index is 13.4. The minimum atomic E-state index is -3.51. The molecule has 7 heteroatoms. The molecule has 0 amide bonds. The first-order chi connectivity index (χ1) is 8.94. The van der Waals surface area contributed by atoms with Crippen LogP contribution in [-0.2, 0) is 16.6 Å². The van der Waals surface area contributed by atoms with Gasteiger partial charge in [-0.05, 0) is 30.3 Å². The van der Waals surface area contributed by atoms with Gasteiger partial charge in [-0.15, -0.1) is 0 Å². The summed E-state index contributed by atoms with van der Waals surface area (Å²) in [7, 11) is -3.51. The smallest absolute Gasteiger partial charge is 0.229 e. The third-order valence-electron chi connectivity index (χ3n) is 2.31. The Bertz CT molecular complexity index is 654. The summed E-state index contributed by atoms with van der Waals surface area (Å²) in [6.45, 7) is 0.428. The van der Waals surface area contributed by atoms with Crippen LogP contribution in [0.5, 0.6) is 0 Å². The van der Waals surface area contributed by atoms with Crippen LogP contribution in [-0.4, -0.2) is 14.7 Å². The monoisotopic (exact) mass is 284 g/mol. The maximum absolute atomic E-state index is 13.4. The number of sulfonamides is 1. The van der Waals surface area contributed by atoms with Gasteiger partial charge in [0.1, 0.15) is 11.6 Å². The number of halogens is 1. The molecule has 1 heterocycles. The minimum Gasteiger partial charge on any atom is -0.467 e. The molecule has 2 aromatic rings. The Labute approximate surface area is 110 Å². The van der Waals surface area contributed by atoms with Crippen molar-refractivity contribution in [1.29, 1.82) is 0 Å². The Hall–Kier alpha value is -2.02. The molecule has 0 aliphatic carbocycles. The van der Waals surface area contributed by atoms with Crippen LogP contribution in [0.4, 0.5) is 15.8 Å². The number of anilines is 2. The van der Waals surface area contributed by atoms with Gasteiger partial charge in [-0.25, -0.2) is 12.8 Å². The average molecular weight is 284 g/mol. The fourth-order valence-corrected chi connectivity index (χ4v) is 2.07. The first-order valence-electron chi connectivity index (χ1n) is 5.47. The minimum absolute atomic E-state index is 0.0908. The molecule has 0 bridgehead atoms. The summed E-state index contributed by atoms with van der Waals surface area (Å²) < 4.78 is 42.9. The van der Waals surface area contributed by atoms with Crippen LogP contribution in [0.1, 0.15) is 5.76 Å². The number of rotatable bonds is 5. The van der Waals surface area contributed by atoms with E-state index in [0.29, 0.717) is 12.2 Å². The predicted molar refractivity (Wildman–Crippen MR) is 70.9 cm³/mol. The van der Waals surface area contributed by atoms with E-state index < -0.39 is 15.8 Å². The number of furan rings is 1. The lowest BCUT2D eigenvalue weighted by Gasteiger charge is -2.09. The zero-order valence-electron chi connectivity index (χ0n) is 10.2. The third-order valence-corrected chi connectivity index (χ3v) is 2.90. The van der Waals surface area contributed by atoms with Gasteiger partial charge in [0, 0.05) is 5.69 Å². The van der Waals surface area contributed by atoms with Crippen LogP contribution in [0.3, 0.4) is 0 Å². The van der Waals surface area contributed by atoms with Crippen molar-refractivity contribution >= 4 is 21.4 Å². The molecule has 0 saturated carbocycles. The molecule has 102 valence electrons. The van der Waals surface area contributed by atoms with E-state index in [1.165, 1.54) is 18.2 Å². The molecule has 0 aliphatic rings. The molecule has 0 atom stereocenters. The van der Waals surface area contributed by atoms with Gasteiger partial charge in [0.25, 0.3) is 0 Å². The van der Waals surface area contributed by atoms with Crippen molar-refractivity contribution in [3.8, 4) is 0 Å². The Balaban J connectivity index is 2.12. The Morgan fingerprint density at radius 2 is 2.11 bits per heavy atom. The zero-order chi connectivity index (χ0) is 13.9. The van der Waals surface area contributed by atoms with Crippen molar-refractivity contribution in [3.05, 3.63) is 48.2 Å². The highest BCUT2D eigenvalue weighted by atomic mass is 32.2. The zero-order valence-corrected chi connectivity index (χ0v) is 11.0. The van der Waals surface area contributed by atoms with Crippen LogP contribution in [0.2, 0.25) is 0 Å². The van der Waals surface area contributed by atoms with E-state index in [1.807, 2.05) is 0 Å². The van der Waals surface area contributed by atoms with Crippen LogP contribution in [0, 0.1) is 5.82 Å². The fraction of sp³-hybridized carbons (Fsp3) is 0.167. The summed E-state index contributed by atoms with van der Waals surface area (Å²) in [4.78, 5) is 0. The molecule has 0 radical (unpaired) electrons. The van der Waals surface area contributed by atoms with E-state index >= 15 is 0 Å². The van der Waals surface area contributed by atoms with Crippen molar-refractivity contribution in [2.45, 2.75) is 6.54 Å². The van der Waals surface area contributed by atoms with E-state index in [2.05, 4.69) is 10.0 Å². The van der Waals surface area contributed by atoms with Crippen molar-refractivity contribution in [3.63, 3.8) is 0 Å². The van der Waals surface area contributed by atoms with Gasteiger partial charge in [-0.2, -0.15) is 0 Å². The molecular formula is C12H13FN2O3S. The molecule has 1 aromatic heterocycles. The first-order valence-corrected chi connectivity index (χ1v) is 7.37. The van der Waals surface area contributed by atoms with E-state index in [0.717, 1.165) is 12.0 Å². The molecule has 19 heavy (non-hydrogen) atoms. The van der Waals surface area contributed by atoms with Crippen molar-refractivity contribution in [2.75, 3.05) is 16.3 Å². The van der Waals surface area contributed by atoms with Crippen LogP contribution in [0.25, 0.3) is 0 Å².